The van der Waals surface area contributed by atoms with E-state index in [0.29, 0.717) is 17.3 Å². The second-order valence-corrected chi connectivity index (χ2v) is 8.37. The van der Waals surface area contributed by atoms with Gasteiger partial charge in [0.05, 0.1) is 0 Å². The first-order chi connectivity index (χ1) is 8.01. The molecule has 0 unspecified atom stereocenters. The van der Waals surface area contributed by atoms with Crippen molar-refractivity contribution in [3.8, 4) is 0 Å². The van der Waals surface area contributed by atoms with E-state index in [1.807, 2.05) is 6.26 Å². The molecule has 0 amide bonds. The number of thioether (sulfide) groups is 1. The Morgan fingerprint density at radius 3 is 2.76 bits per heavy atom. The van der Waals surface area contributed by atoms with Crippen molar-refractivity contribution >= 4 is 33.1 Å². The number of rotatable bonds is 6. The van der Waals surface area contributed by atoms with E-state index in [2.05, 4.69) is 4.72 Å². The molecule has 4 nitrogen and oxygen atoms in total. The van der Waals surface area contributed by atoms with Crippen LogP contribution in [0.2, 0.25) is 0 Å². The van der Waals surface area contributed by atoms with Crippen molar-refractivity contribution < 1.29 is 8.42 Å². The van der Waals surface area contributed by atoms with Crippen LogP contribution >= 0.6 is 23.1 Å². The van der Waals surface area contributed by atoms with Gasteiger partial charge in [-0.1, -0.05) is 0 Å². The predicted octanol–water partition coefficient (Wildman–Crippen LogP) is 1.38. The van der Waals surface area contributed by atoms with E-state index in [9.17, 15) is 8.42 Å². The highest BCUT2D eigenvalue weighted by molar-refractivity contribution is 8.00. The Morgan fingerprint density at radius 1 is 1.59 bits per heavy atom. The zero-order chi connectivity index (χ0) is 12.5. The van der Waals surface area contributed by atoms with E-state index in [1.165, 1.54) is 11.3 Å². The Kier molecular flexibility index (Phi) is 3.84. The van der Waals surface area contributed by atoms with Crippen LogP contribution in [0, 0.1) is 0 Å². The number of nitrogens with two attached hydrogens (primary N) is 1. The second-order valence-electron chi connectivity index (χ2n) is 4.19. The van der Waals surface area contributed by atoms with Gasteiger partial charge in [-0.3, -0.25) is 0 Å². The number of nitrogens with one attached hydrogen (secondary N) is 1. The minimum absolute atomic E-state index is 0.140. The Labute approximate surface area is 110 Å². The van der Waals surface area contributed by atoms with Gasteiger partial charge in [-0.25, -0.2) is 13.1 Å². The van der Waals surface area contributed by atoms with E-state index < -0.39 is 10.0 Å². The maximum absolute atomic E-state index is 12.0. The molecule has 0 aromatic carbocycles. The van der Waals surface area contributed by atoms with Crippen molar-refractivity contribution in [3.05, 3.63) is 17.0 Å². The molecule has 0 radical (unpaired) electrons. The third-order valence-electron chi connectivity index (χ3n) is 2.96. The summed E-state index contributed by atoms with van der Waals surface area (Å²) < 4.78 is 27.2. The number of hydrogen-bond acceptors (Lipinski definition) is 5. The molecule has 1 aliphatic rings. The zero-order valence-electron chi connectivity index (χ0n) is 9.60. The largest absolute Gasteiger partial charge is 0.326 e. The van der Waals surface area contributed by atoms with E-state index in [0.717, 1.165) is 18.4 Å². The standard InChI is InChI=1S/C10H16N2O2S3/c1-15-10(2-3-10)7-12-17(13,14)9-4-8(5-11)6-16-9/h4,6,12H,2-3,5,7,11H2,1H3. The van der Waals surface area contributed by atoms with Crippen LogP contribution in [0.4, 0.5) is 0 Å². The third kappa shape index (κ3) is 3.03. The van der Waals surface area contributed by atoms with Crippen molar-refractivity contribution in [1.82, 2.24) is 4.72 Å². The maximum Gasteiger partial charge on any atom is 0.250 e. The summed E-state index contributed by atoms with van der Waals surface area (Å²) in [5.74, 6) is 0. The molecule has 1 saturated carbocycles. The van der Waals surface area contributed by atoms with Gasteiger partial charge in [0.25, 0.3) is 0 Å². The molecule has 0 atom stereocenters. The molecule has 0 spiro atoms. The molecule has 1 fully saturated rings. The Bertz CT molecular complexity index is 491. The summed E-state index contributed by atoms with van der Waals surface area (Å²) in [6.45, 7) is 0.896. The van der Waals surface area contributed by atoms with E-state index in [1.54, 1.807) is 23.2 Å². The van der Waals surface area contributed by atoms with Crippen LogP contribution in [0.15, 0.2) is 15.7 Å². The average Bonchev–Trinajstić information content (AvgIpc) is 2.94. The number of thiophene rings is 1. The Balaban J connectivity index is 2.03. The Hall–Kier alpha value is -0.0800. The molecular weight excluding hydrogens is 276 g/mol. The normalized spacial score (nSPS) is 18.2. The Morgan fingerprint density at radius 2 is 2.29 bits per heavy atom. The smallest absolute Gasteiger partial charge is 0.250 e. The van der Waals surface area contributed by atoms with Gasteiger partial charge in [0.15, 0.2) is 0 Å². The lowest BCUT2D eigenvalue weighted by atomic mass is 10.4. The van der Waals surface area contributed by atoms with Crippen molar-refractivity contribution in [3.63, 3.8) is 0 Å². The molecule has 1 aromatic heterocycles. The molecule has 1 heterocycles. The second kappa shape index (κ2) is 4.89. The van der Waals surface area contributed by atoms with Crippen LogP contribution in [0.25, 0.3) is 0 Å². The van der Waals surface area contributed by atoms with Crippen molar-refractivity contribution in [2.24, 2.45) is 5.73 Å². The number of hydrogen-bond donors (Lipinski definition) is 2. The molecule has 96 valence electrons. The van der Waals surface area contributed by atoms with Crippen LogP contribution in [-0.4, -0.2) is 26.0 Å². The lowest BCUT2D eigenvalue weighted by Gasteiger charge is -2.12. The number of sulfonamides is 1. The fraction of sp³-hybridized carbons (Fsp3) is 0.600. The van der Waals surface area contributed by atoms with Gasteiger partial charge in [-0.2, -0.15) is 11.8 Å². The van der Waals surface area contributed by atoms with Gasteiger partial charge >= 0.3 is 0 Å². The summed E-state index contributed by atoms with van der Waals surface area (Å²) in [5.41, 5.74) is 6.33. The molecule has 0 bridgehead atoms. The van der Waals surface area contributed by atoms with E-state index >= 15 is 0 Å². The molecule has 1 aliphatic carbocycles. The van der Waals surface area contributed by atoms with Gasteiger partial charge in [-0.15, -0.1) is 11.3 Å². The SMILES string of the molecule is CSC1(CNS(=O)(=O)c2cc(CN)cs2)CC1. The first-order valence-electron chi connectivity index (χ1n) is 5.34. The first kappa shape index (κ1) is 13.4. The molecule has 0 aliphatic heterocycles. The van der Waals surface area contributed by atoms with Gasteiger partial charge in [0, 0.05) is 17.8 Å². The van der Waals surface area contributed by atoms with Crippen molar-refractivity contribution in [1.29, 1.82) is 0 Å². The predicted molar refractivity (Wildman–Crippen MR) is 72.9 cm³/mol. The molecule has 1 aromatic rings. The van der Waals surface area contributed by atoms with Crippen LogP contribution in [0.1, 0.15) is 18.4 Å². The summed E-state index contributed by atoms with van der Waals surface area (Å²) in [6, 6.07) is 1.64. The third-order valence-corrected chi connectivity index (χ3v) is 7.26. The van der Waals surface area contributed by atoms with Gasteiger partial charge in [-0.05, 0) is 36.1 Å². The lowest BCUT2D eigenvalue weighted by Crippen LogP contribution is -2.31. The quantitative estimate of drug-likeness (QED) is 0.831. The average molecular weight is 292 g/mol. The lowest BCUT2D eigenvalue weighted by molar-refractivity contribution is 0.582. The van der Waals surface area contributed by atoms with Gasteiger partial charge in [0.1, 0.15) is 4.21 Å². The molecule has 0 saturated heterocycles. The summed E-state index contributed by atoms with van der Waals surface area (Å²) >= 11 is 2.96. The zero-order valence-corrected chi connectivity index (χ0v) is 12.1. The molecule has 7 heteroatoms. The molecule has 17 heavy (non-hydrogen) atoms. The highest BCUT2D eigenvalue weighted by atomic mass is 32.2. The van der Waals surface area contributed by atoms with Crippen molar-refractivity contribution in [2.75, 3.05) is 12.8 Å². The van der Waals surface area contributed by atoms with Crippen LogP contribution in [-0.2, 0) is 16.6 Å². The van der Waals surface area contributed by atoms with E-state index in [-0.39, 0.29) is 4.75 Å². The minimum atomic E-state index is -3.35. The summed E-state index contributed by atoms with van der Waals surface area (Å²) in [6.07, 6.45) is 4.21. The summed E-state index contributed by atoms with van der Waals surface area (Å²) in [7, 11) is -3.35. The monoisotopic (exact) mass is 292 g/mol. The fourth-order valence-corrected chi connectivity index (χ4v) is 4.70. The topological polar surface area (TPSA) is 72.2 Å². The van der Waals surface area contributed by atoms with Crippen LogP contribution in [0.5, 0.6) is 0 Å². The van der Waals surface area contributed by atoms with Gasteiger partial charge < -0.3 is 5.73 Å². The first-order valence-corrected chi connectivity index (χ1v) is 8.92. The maximum atomic E-state index is 12.0. The molecule has 3 N–H and O–H groups in total. The molecular formula is C10H16N2O2S3. The highest BCUT2D eigenvalue weighted by Gasteiger charge is 2.42. The van der Waals surface area contributed by atoms with E-state index in [4.69, 9.17) is 5.73 Å². The minimum Gasteiger partial charge on any atom is -0.326 e. The van der Waals surface area contributed by atoms with Crippen LogP contribution in [0.3, 0.4) is 0 Å². The molecule has 2 rings (SSSR count). The van der Waals surface area contributed by atoms with Crippen LogP contribution < -0.4 is 10.5 Å². The summed E-state index contributed by atoms with van der Waals surface area (Å²) in [4.78, 5) is 0. The highest BCUT2D eigenvalue weighted by Crippen LogP contribution is 2.46. The summed E-state index contributed by atoms with van der Waals surface area (Å²) in [5, 5.41) is 1.79. The van der Waals surface area contributed by atoms with Gasteiger partial charge in [0.2, 0.25) is 10.0 Å². The fourth-order valence-electron chi connectivity index (χ4n) is 1.49. The van der Waals surface area contributed by atoms with Crippen molar-refractivity contribution in [2.45, 2.75) is 28.3 Å².